The topological polar surface area (TPSA) is 60.1 Å². The van der Waals surface area contributed by atoms with Crippen molar-refractivity contribution in [2.75, 3.05) is 5.32 Å². The largest absolute Gasteiger partial charge is 0.438 e. The molecule has 2 aromatic heterocycles. The second kappa shape index (κ2) is 6.28. The van der Waals surface area contributed by atoms with E-state index in [-0.39, 0.29) is 11.7 Å². The Hall–Kier alpha value is -3.34. The lowest BCUT2D eigenvalue weighted by Crippen LogP contribution is -2.10. The zero-order valence-electron chi connectivity index (χ0n) is 13.8. The molecule has 0 fully saturated rings. The van der Waals surface area contributed by atoms with Crippen LogP contribution in [-0.4, -0.2) is 15.5 Å². The minimum Gasteiger partial charge on any atom is -0.438 e. The average Bonchev–Trinajstić information content (AvgIpc) is 3.27. The van der Waals surface area contributed by atoms with Crippen LogP contribution in [0.2, 0.25) is 0 Å². The van der Waals surface area contributed by atoms with Gasteiger partial charge in [-0.05, 0) is 18.6 Å². The minimum atomic E-state index is -0.310. The molecule has 4 aromatic rings. The molecular weight excluding hydrogens is 314 g/mol. The molecule has 2 heterocycles. The molecule has 25 heavy (non-hydrogen) atoms. The van der Waals surface area contributed by atoms with Crippen LogP contribution in [0.3, 0.4) is 0 Å². The van der Waals surface area contributed by atoms with Gasteiger partial charge in [0.2, 0.25) is 5.76 Å². The molecule has 0 bridgehead atoms. The number of carbonyl (C=O) groups is 1. The Balaban J connectivity index is 1.68. The highest BCUT2D eigenvalue weighted by atomic mass is 16.3. The molecule has 4 rings (SSSR count). The lowest BCUT2D eigenvalue weighted by molar-refractivity contribution is 0.0997. The van der Waals surface area contributed by atoms with Crippen LogP contribution in [0.5, 0.6) is 0 Å². The fraction of sp³-hybridized carbons (Fsp3) is 0.100. The molecule has 0 aliphatic carbocycles. The monoisotopic (exact) mass is 331 g/mol. The molecular formula is C20H17N3O2. The van der Waals surface area contributed by atoms with Gasteiger partial charge in [0.05, 0.1) is 17.4 Å². The molecule has 2 aromatic carbocycles. The Bertz CT molecular complexity index is 1010. The lowest BCUT2D eigenvalue weighted by Gasteiger charge is -2.05. The molecule has 1 amide bonds. The van der Waals surface area contributed by atoms with Gasteiger partial charge < -0.3 is 14.3 Å². The minimum absolute atomic E-state index is 0.190. The number of fused-ring (bicyclic) bond motifs is 1. The maximum absolute atomic E-state index is 12.3. The summed E-state index contributed by atoms with van der Waals surface area (Å²) in [5.41, 5.74) is 4.26. The highest BCUT2D eigenvalue weighted by Gasteiger charge is 2.14. The van der Waals surface area contributed by atoms with Gasteiger partial charge in [0.1, 0.15) is 0 Å². The Morgan fingerprint density at radius 1 is 1.16 bits per heavy atom. The number of hydrogen-bond acceptors (Lipinski definition) is 3. The summed E-state index contributed by atoms with van der Waals surface area (Å²) in [5, 5.41) is 3.90. The van der Waals surface area contributed by atoms with Crippen LogP contribution in [-0.2, 0) is 6.54 Å². The van der Waals surface area contributed by atoms with Crippen molar-refractivity contribution in [3.63, 3.8) is 0 Å². The molecule has 0 aliphatic rings. The third-order valence-electron chi connectivity index (χ3n) is 4.17. The number of rotatable bonds is 4. The van der Waals surface area contributed by atoms with Crippen molar-refractivity contribution in [1.29, 1.82) is 0 Å². The third kappa shape index (κ3) is 3.04. The number of carbonyl (C=O) groups excluding carboxylic acids is 1. The van der Waals surface area contributed by atoms with Gasteiger partial charge in [-0.1, -0.05) is 48.0 Å². The highest BCUT2D eigenvalue weighted by molar-refractivity contribution is 6.07. The van der Waals surface area contributed by atoms with E-state index in [2.05, 4.69) is 46.1 Å². The Morgan fingerprint density at radius 2 is 1.96 bits per heavy atom. The van der Waals surface area contributed by atoms with Crippen molar-refractivity contribution in [3.8, 4) is 0 Å². The van der Waals surface area contributed by atoms with Gasteiger partial charge in [-0.2, -0.15) is 0 Å². The van der Waals surface area contributed by atoms with Crippen LogP contribution in [0.15, 0.2) is 71.7 Å². The van der Waals surface area contributed by atoms with Crippen molar-refractivity contribution in [1.82, 2.24) is 9.55 Å². The number of amides is 1. The van der Waals surface area contributed by atoms with E-state index in [1.165, 1.54) is 23.7 Å². The second-order valence-corrected chi connectivity index (χ2v) is 5.99. The molecule has 0 radical (unpaired) electrons. The number of nitrogens with one attached hydrogen (secondary N) is 1. The Morgan fingerprint density at radius 3 is 2.72 bits per heavy atom. The van der Waals surface area contributed by atoms with Crippen molar-refractivity contribution >= 4 is 22.5 Å². The van der Waals surface area contributed by atoms with E-state index in [4.69, 9.17) is 4.42 Å². The van der Waals surface area contributed by atoms with Crippen LogP contribution in [0.1, 0.15) is 21.7 Å². The average molecular weight is 331 g/mol. The van der Waals surface area contributed by atoms with E-state index in [1.807, 2.05) is 30.5 Å². The summed E-state index contributed by atoms with van der Waals surface area (Å²) in [6.07, 6.45) is 4.61. The number of para-hydroxylation sites is 1. The second-order valence-electron chi connectivity index (χ2n) is 5.99. The first kappa shape index (κ1) is 15.2. The number of hydrogen-bond donors (Lipinski definition) is 1. The number of oxazole rings is 1. The quantitative estimate of drug-likeness (QED) is 0.608. The summed E-state index contributed by atoms with van der Waals surface area (Å²) in [6.45, 7) is 2.81. The van der Waals surface area contributed by atoms with Gasteiger partial charge in [-0.3, -0.25) is 4.79 Å². The van der Waals surface area contributed by atoms with Gasteiger partial charge in [0.15, 0.2) is 6.39 Å². The number of aromatic nitrogens is 2. The summed E-state index contributed by atoms with van der Waals surface area (Å²) in [7, 11) is 0. The van der Waals surface area contributed by atoms with Crippen LogP contribution < -0.4 is 5.32 Å². The number of nitrogens with zero attached hydrogens (tertiary/aromatic N) is 2. The smallest absolute Gasteiger partial charge is 0.293 e. The zero-order chi connectivity index (χ0) is 17.2. The predicted octanol–water partition coefficient (Wildman–Crippen LogP) is 4.24. The van der Waals surface area contributed by atoms with Gasteiger partial charge >= 0.3 is 0 Å². The molecule has 1 N–H and O–H groups in total. The van der Waals surface area contributed by atoms with E-state index in [9.17, 15) is 4.79 Å². The predicted molar refractivity (Wildman–Crippen MR) is 96.7 cm³/mol. The van der Waals surface area contributed by atoms with Gasteiger partial charge in [-0.15, -0.1) is 0 Å². The molecule has 5 nitrogen and oxygen atoms in total. The molecule has 0 atom stereocenters. The maximum atomic E-state index is 12.3. The molecule has 5 heteroatoms. The van der Waals surface area contributed by atoms with E-state index in [0.717, 1.165) is 23.1 Å². The van der Waals surface area contributed by atoms with Crippen LogP contribution in [0.25, 0.3) is 10.9 Å². The molecule has 0 aliphatic heterocycles. The van der Waals surface area contributed by atoms with E-state index >= 15 is 0 Å². The van der Waals surface area contributed by atoms with E-state index in [0.29, 0.717) is 0 Å². The molecule has 0 unspecified atom stereocenters. The van der Waals surface area contributed by atoms with Crippen LogP contribution in [0.4, 0.5) is 5.69 Å². The zero-order valence-corrected chi connectivity index (χ0v) is 13.8. The van der Waals surface area contributed by atoms with Crippen molar-refractivity contribution < 1.29 is 9.21 Å². The number of aryl methyl sites for hydroxylation is 1. The van der Waals surface area contributed by atoms with E-state index in [1.54, 1.807) is 0 Å². The summed E-state index contributed by atoms with van der Waals surface area (Å²) in [4.78, 5) is 16.1. The van der Waals surface area contributed by atoms with Crippen LogP contribution >= 0.6 is 0 Å². The van der Waals surface area contributed by atoms with Crippen LogP contribution in [0, 0.1) is 6.92 Å². The fourth-order valence-corrected chi connectivity index (χ4v) is 2.88. The molecule has 0 spiro atoms. The summed E-state index contributed by atoms with van der Waals surface area (Å²) >= 11 is 0. The first-order valence-electron chi connectivity index (χ1n) is 8.04. The maximum Gasteiger partial charge on any atom is 0.293 e. The standard InChI is InChI=1S/C20H17N3O2/c1-14-6-8-15(9-7-14)11-23-12-17(16-4-2-3-5-18(16)23)22-20(24)19-10-21-13-25-19/h2-10,12-13H,11H2,1H3,(H,22,24). The van der Waals surface area contributed by atoms with Gasteiger partial charge in [0.25, 0.3) is 5.91 Å². The Labute approximate surface area is 144 Å². The first-order chi connectivity index (χ1) is 12.2. The van der Waals surface area contributed by atoms with Gasteiger partial charge in [0, 0.05) is 18.1 Å². The first-order valence-corrected chi connectivity index (χ1v) is 8.04. The van der Waals surface area contributed by atoms with Crippen molar-refractivity contribution in [2.24, 2.45) is 0 Å². The normalized spacial score (nSPS) is 10.9. The Kier molecular flexibility index (Phi) is 3.82. The SMILES string of the molecule is Cc1ccc(Cn2cc(NC(=O)c3cnco3)c3ccccc32)cc1. The van der Waals surface area contributed by atoms with E-state index < -0.39 is 0 Å². The van der Waals surface area contributed by atoms with Crippen molar-refractivity contribution in [3.05, 3.63) is 84.2 Å². The summed E-state index contributed by atoms with van der Waals surface area (Å²) in [6, 6.07) is 16.5. The van der Waals surface area contributed by atoms with Gasteiger partial charge in [-0.25, -0.2) is 4.98 Å². The molecule has 0 saturated heterocycles. The lowest BCUT2D eigenvalue weighted by atomic mass is 10.1. The van der Waals surface area contributed by atoms with Crippen molar-refractivity contribution in [2.45, 2.75) is 13.5 Å². The molecule has 124 valence electrons. The highest BCUT2D eigenvalue weighted by Crippen LogP contribution is 2.27. The number of benzene rings is 2. The fourth-order valence-electron chi connectivity index (χ4n) is 2.88. The summed E-state index contributed by atoms with van der Waals surface area (Å²) in [5.74, 6) is -0.119. The third-order valence-corrected chi connectivity index (χ3v) is 4.17. The number of anilines is 1. The summed E-state index contributed by atoms with van der Waals surface area (Å²) < 4.78 is 7.20. The molecule has 0 saturated carbocycles.